The molecule has 3 heterocycles. The van der Waals surface area contributed by atoms with Crippen LogP contribution in [-0.2, 0) is 4.74 Å². The lowest BCUT2D eigenvalue weighted by molar-refractivity contribution is 0.0563. The molecule has 0 radical (unpaired) electrons. The minimum Gasteiger partial charge on any atom is -0.378 e. The third-order valence-electron chi connectivity index (χ3n) is 3.12. The van der Waals surface area contributed by atoms with Gasteiger partial charge in [0.15, 0.2) is 0 Å². The van der Waals surface area contributed by atoms with E-state index in [0.29, 0.717) is 0 Å². The smallest absolute Gasteiger partial charge is 0.0946 e. The van der Waals surface area contributed by atoms with Crippen molar-refractivity contribution in [3.05, 3.63) is 22.9 Å². The lowest BCUT2D eigenvalue weighted by atomic mass is 10.1. The maximum Gasteiger partial charge on any atom is 0.0946 e. The van der Waals surface area contributed by atoms with Crippen LogP contribution in [0.5, 0.6) is 0 Å². The Morgan fingerprint density at radius 1 is 1.38 bits per heavy atom. The van der Waals surface area contributed by atoms with E-state index >= 15 is 0 Å². The Morgan fingerprint density at radius 3 is 3.00 bits per heavy atom. The molecule has 0 aromatic carbocycles. The van der Waals surface area contributed by atoms with Crippen LogP contribution in [0.25, 0.3) is 0 Å². The highest BCUT2D eigenvalue weighted by Crippen LogP contribution is 2.22. The molecule has 3 aliphatic heterocycles. The minimum absolute atomic E-state index is 0.220. The van der Waals surface area contributed by atoms with Gasteiger partial charge in [-0.2, -0.15) is 0 Å². The van der Waals surface area contributed by atoms with Gasteiger partial charge in [-0.3, -0.25) is 4.99 Å². The summed E-state index contributed by atoms with van der Waals surface area (Å²) in [6.45, 7) is 3.53. The third kappa shape index (κ3) is 1.85. The topological polar surface area (TPSA) is 36.9 Å². The molecule has 0 aliphatic carbocycles. The largest absolute Gasteiger partial charge is 0.378 e. The van der Waals surface area contributed by atoms with Crippen molar-refractivity contribution in [2.24, 2.45) is 4.99 Å². The van der Waals surface area contributed by atoms with E-state index in [2.05, 4.69) is 40.0 Å². The molecule has 2 unspecified atom stereocenters. The van der Waals surface area contributed by atoms with Crippen molar-refractivity contribution in [3.63, 3.8) is 0 Å². The number of hydrogen-bond donors (Lipinski definition) is 2. The van der Waals surface area contributed by atoms with E-state index in [-0.39, 0.29) is 12.1 Å². The zero-order valence-corrected chi connectivity index (χ0v) is 9.86. The normalized spacial score (nSPS) is 32.9. The Balaban J connectivity index is 1.74. The van der Waals surface area contributed by atoms with Gasteiger partial charge in [0.05, 0.1) is 36.0 Å². The van der Waals surface area contributed by atoms with Crippen molar-refractivity contribution < 1.29 is 4.74 Å². The highest BCUT2D eigenvalue weighted by Gasteiger charge is 2.27. The molecule has 3 rings (SSSR count). The number of hydrogen-bond acceptors (Lipinski definition) is 5. The van der Waals surface area contributed by atoms with Crippen LogP contribution in [-0.4, -0.2) is 49.5 Å². The molecule has 4 nitrogen and oxygen atoms in total. The van der Waals surface area contributed by atoms with E-state index in [0.717, 1.165) is 31.3 Å². The molecular formula is C11H15N3OS. The number of fused-ring (bicyclic) bond motifs is 1. The third-order valence-corrected chi connectivity index (χ3v) is 3.39. The molecule has 0 aromatic heterocycles. The van der Waals surface area contributed by atoms with Crippen molar-refractivity contribution in [1.29, 1.82) is 0 Å². The van der Waals surface area contributed by atoms with Crippen molar-refractivity contribution in [1.82, 2.24) is 10.2 Å². The quantitative estimate of drug-likeness (QED) is 0.648. The first-order valence-corrected chi connectivity index (χ1v) is 6.03. The van der Waals surface area contributed by atoms with Crippen molar-refractivity contribution in [3.8, 4) is 0 Å². The molecule has 0 bridgehead atoms. The van der Waals surface area contributed by atoms with E-state index in [4.69, 9.17) is 4.74 Å². The van der Waals surface area contributed by atoms with Crippen LogP contribution in [0.15, 0.2) is 27.9 Å². The first kappa shape index (κ1) is 10.2. The predicted molar refractivity (Wildman–Crippen MR) is 66.7 cm³/mol. The second kappa shape index (κ2) is 4.14. The molecule has 0 saturated carbocycles. The zero-order valence-electron chi connectivity index (χ0n) is 8.97. The number of nitrogens with one attached hydrogen (secondary N) is 1. The second-order valence-corrected chi connectivity index (χ2v) is 4.66. The maximum absolute atomic E-state index is 5.34. The van der Waals surface area contributed by atoms with Gasteiger partial charge in [0.1, 0.15) is 0 Å². The molecule has 0 aromatic rings. The lowest BCUT2D eigenvalue weighted by Gasteiger charge is -2.32. The fourth-order valence-corrected chi connectivity index (χ4v) is 2.55. The number of rotatable bonds is 1. The van der Waals surface area contributed by atoms with E-state index in [1.807, 2.05) is 6.21 Å². The van der Waals surface area contributed by atoms with E-state index in [1.165, 1.54) is 5.70 Å². The molecule has 1 saturated heterocycles. The number of dihydropyridines is 1. The number of nitrogens with zero attached hydrogens (tertiary/aromatic N) is 2. The molecular weight excluding hydrogens is 222 g/mol. The molecule has 0 spiro atoms. The van der Waals surface area contributed by atoms with Gasteiger partial charge in [-0.25, -0.2) is 0 Å². The summed E-state index contributed by atoms with van der Waals surface area (Å²) in [5.74, 6) is 0. The van der Waals surface area contributed by atoms with Gasteiger partial charge in [0.2, 0.25) is 0 Å². The summed E-state index contributed by atoms with van der Waals surface area (Å²) >= 11 is 4.32. The molecule has 3 aliphatic rings. The highest BCUT2D eigenvalue weighted by molar-refractivity contribution is 7.84. The number of allylic oxidation sites excluding steroid dienone is 1. The summed E-state index contributed by atoms with van der Waals surface area (Å²) in [4.78, 5) is 6.86. The summed E-state index contributed by atoms with van der Waals surface area (Å²) in [5, 5.41) is 4.22. The van der Waals surface area contributed by atoms with Crippen LogP contribution in [0.2, 0.25) is 0 Å². The minimum atomic E-state index is 0.220. The number of thiol groups is 1. The Hall–Kier alpha value is -0.940. The molecule has 5 heteroatoms. The Labute approximate surface area is 100 Å². The SMILES string of the molecule is SC1=CC2N=CC(N3CCOCC3)=CC2N1. The van der Waals surface area contributed by atoms with Gasteiger partial charge < -0.3 is 15.0 Å². The summed E-state index contributed by atoms with van der Waals surface area (Å²) in [6.07, 6.45) is 6.26. The van der Waals surface area contributed by atoms with Crippen molar-refractivity contribution in [2.75, 3.05) is 26.3 Å². The summed E-state index contributed by atoms with van der Waals surface area (Å²) < 4.78 is 5.34. The monoisotopic (exact) mass is 237 g/mol. The summed E-state index contributed by atoms with van der Waals surface area (Å²) in [5.41, 5.74) is 1.20. The Morgan fingerprint density at radius 2 is 2.19 bits per heavy atom. The van der Waals surface area contributed by atoms with Gasteiger partial charge in [0.25, 0.3) is 0 Å². The standard InChI is InChI=1S/C11H15N3OS/c16-11-6-9-10(13-11)5-8(7-12-9)14-1-3-15-4-2-14/h5-7,9-10,13,16H,1-4H2. The molecule has 1 N–H and O–H groups in total. The summed E-state index contributed by atoms with van der Waals surface area (Å²) in [6, 6.07) is 0.493. The van der Waals surface area contributed by atoms with E-state index in [1.54, 1.807) is 0 Å². The van der Waals surface area contributed by atoms with Crippen LogP contribution in [0.3, 0.4) is 0 Å². The van der Waals surface area contributed by atoms with Crippen molar-refractivity contribution in [2.45, 2.75) is 12.1 Å². The fourth-order valence-electron chi connectivity index (χ4n) is 2.24. The van der Waals surface area contributed by atoms with E-state index < -0.39 is 0 Å². The Bertz CT molecular complexity index is 371. The van der Waals surface area contributed by atoms with Crippen LogP contribution >= 0.6 is 12.6 Å². The van der Waals surface area contributed by atoms with Crippen LogP contribution in [0.4, 0.5) is 0 Å². The maximum atomic E-state index is 5.34. The van der Waals surface area contributed by atoms with Gasteiger partial charge >= 0.3 is 0 Å². The second-order valence-electron chi connectivity index (χ2n) is 4.18. The highest BCUT2D eigenvalue weighted by atomic mass is 32.1. The fraction of sp³-hybridized carbons (Fsp3) is 0.545. The van der Waals surface area contributed by atoms with Crippen LogP contribution in [0.1, 0.15) is 0 Å². The number of morpholine rings is 1. The average molecular weight is 237 g/mol. The predicted octanol–water partition coefficient (Wildman–Crippen LogP) is 0.399. The van der Waals surface area contributed by atoms with Crippen molar-refractivity contribution >= 4 is 18.8 Å². The van der Waals surface area contributed by atoms with Gasteiger partial charge in [0, 0.05) is 19.3 Å². The zero-order chi connectivity index (χ0) is 11.0. The number of ether oxygens (including phenoxy) is 1. The van der Waals surface area contributed by atoms with E-state index in [9.17, 15) is 0 Å². The Kier molecular flexibility index (Phi) is 2.65. The van der Waals surface area contributed by atoms with Crippen LogP contribution < -0.4 is 5.32 Å². The molecule has 1 fully saturated rings. The number of aliphatic imine (C=N–C) groups is 1. The average Bonchev–Trinajstić information content (AvgIpc) is 2.69. The first-order chi connectivity index (χ1) is 7.83. The van der Waals surface area contributed by atoms with Gasteiger partial charge in [-0.05, 0) is 12.2 Å². The molecule has 86 valence electrons. The van der Waals surface area contributed by atoms with Gasteiger partial charge in [-0.15, -0.1) is 12.6 Å². The first-order valence-electron chi connectivity index (χ1n) is 5.58. The molecule has 0 amide bonds. The van der Waals surface area contributed by atoms with Crippen LogP contribution in [0, 0.1) is 0 Å². The molecule has 16 heavy (non-hydrogen) atoms. The lowest BCUT2D eigenvalue weighted by Crippen LogP contribution is -2.40. The molecule has 2 atom stereocenters. The summed E-state index contributed by atoms with van der Waals surface area (Å²) in [7, 11) is 0. The van der Waals surface area contributed by atoms with Gasteiger partial charge in [-0.1, -0.05) is 0 Å².